The highest BCUT2D eigenvalue weighted by molar-refractivity contribution is 5.93. The maximum absolute atomic E-state index is 12.9. The molecule has 0 unspecified atom stereocenters. The van der Waals surface area contributed by atoms with E-state index < -0.39 is 0 Å². The first-order valence-corrected chi connectivity index (χ1v) is 9.71. The second-order valence-corrected chi connectivity index (χ2v) is 7.45. The Morgan fingerprint density at radius 2 is 1.79 bits per heavy atom. The first kappa shape index (κ1) is 19.9. The van der Waals surface area contributed by atoms with Crippen LogP contribution >= 0.6 is 0 Å². The third-order valence-corrected chi connectivity index (χ3v) is 4.77. The van der Waals surface area contributed by atoms with Crippen molar-refractivity contribution in [2.75, 3.05) is 11.9 Å². The zero-order valence-corrected chi connectivity index (χ0v) is 16.8. The van der Waals surface area contributed by atoms with Gasteiger partial charge in [-0.3, -0.25) is 9.69 Å². The average molecular weight is 377 g/mol. The smallest absolute Gasteiger partial charge is 0.238 e. The van der Waals surface area contributed by atoms with Gasteiger partial charge >= 0.3 is 0 Å². The van der Waals surface area contributed by atoms with Crippen LogP contribution in [0.5, 0.6) is 0 Å². The Bertz CT molecular complexity index is 886. The molecule has 0 aliphatic carbocycles. The number of anilines is 1. The highest BCUT2D eigenvalue weighted by Gasteiger charge is 2.16. The number of carbonyl (C=O) groups is 1. The third kappa shape index (κ3) is 5.33. The number of benzene rings is 2. The van der Waals surface area contributed by atoms with Crippen molar-refractivity contribution < 1.29 is 9.21 Å². The summed E-state index contributed by atoms with van der Waals surface area (Å²) in [5.41, 5.74) is 4.34. The SMILES string of the molecule is Cc1cccc(C(C)C)c1NC(=O)CN(Cc1ccccc1)Cc1ccco1. The fourth-order valence-electron chi connectivity index (χ4n) is 3.36. The Morgan fingerprint density at radius 3 is 2.46 bits per heavy atom. The van der Waals surface area contributed by atoms with E-state index in [4.69, 9.17) is 4.42 Å². The van der Waals surface area contributed by atoms with Crippen LogP contribution in [0.3, 0.4) is 0 Å². The van der Waals surface area contributed by atoms with E-state index in [0.717, 1.165) is 22.6 Å². The van der Waals surface area contributed by atoms with Crippen molar-refractivity contribution in [3.05, 3.63) is 89.4 Å². The summed E-state index contributed by atoms with van der Waals surface area (Å²) in [7, 11) is 0. The lowest BCUT2D eigenvalue weighted by Crippen LogP contribution is -2.33. The van der Waals surface area contributed by atoms with Crippen LogP contribution < -0.4 is 5.32 Å². The van der Waals surface area contributed by atoms with Crippen molar-refractivity contribution >= 4 is 11.6 Å². The maximum atomic E-state index is 12.9. The van der Waals surface area contributed by atoms with E-state index in [1.165, 1.54) is 5.56 Å². The van der Waals surface area contributed by atoms with Crippen molar-refractivity contribution in [1.82, 2.24) is 4.90 Å². The molecule has 3 rings (SSSR count). The molecule has 1 aromatic heterocycles. The lowest BCUT2D eigenvalue weighted by Gasteiger charge is -2.22. The van der Waals surface area contributed by atoms with E-state index in [2.05, 4.69) is 42.3 Å². The molecule has 0 radical (unpaired) electrons. The lowest BCUT2D eigenvalue weighted by molar-refractivity contribution is -0.117. The average Bonchev–Trinajstić information content (AvgIpc) is 3.17. The molecule has 4 nitrogen and oxygen atoms in total. The number of hydrogen-bond donors (Lipinski definition) is 1. The first-order valence-electron chi connectivity index (χ1n) is 9.71. The largest absolute Gasteiger partial charge is 0.468 e. The number of carbonyl (C=O) groups excluding carboxylic acids is 1. The number of para-hydroxylation sites is 1. The summed E-state index contributed by atoms with van der Waals surface area (Å²) in [5, 5.41) is 3.14. The number of hydrogen-bond acceptors (Lipinski definition) is 3. The Morgan fingerprint density at radius 1 is 1.00 bits per heavy atom. The second-order valence-electron chi connectivity index (χ2n) is 7.45. The van der Waals surface area contributed by atoms with Gasteiger partial charge in [0.05, 0.1) is 19.4 Å². The number of nitrogens with one attached hydrogen (secondary N) is 1. The van der Waals surface area contributed by atoms with Crippen molar-refractivity contribution in [3.8, 4) is 0 Å². The number of rotatable bonds is 8. The van der Waals surface area contributed by atoms with Crippen LogP contribution in [0.2, 0.25) is 0 Å². The zero-order chi connectivity index (χ0) is 19.9. The maximum Gasteiger partial charge on any atom is 0.238 e. The van der Waals surface area contributed by atoms with Crippen LogP contribution in [-0.4, -0.2) is 17.4 Å². The van der Waals surface area contributed by atoms with E-state index >= 15 is 0 Å². The second kappa shape index (κ2) is 9.38. The van der Waals surface area contributed by atoms with Gasteiger partial charge in [0.25, 0.3) is 0 Å². The highest BCUT2D eigenvalue weighted by Crippen LogP contribution is 2.27. The van der Waals surface area contributed by atoms with E-state index in [-0.39, 0.29) is 5.91 Å². The van der Waals surface area contributed by atoms with Gasteiger partial charge < -0.3 is 9.73 Å². The molecule has 0 atom stereocenters. The molecule has 1 amide bonds. The van der Waals surface area contributed by atoms with Crippen molar-refractivity contribution in [2.24, 2.45) is 0 Å². The van der Waals surface area contributed by atoms with E-state index in [1.807, 2.05) is 49.4 Å². The molecule has 28 heavy (non-hydrogen) atoms. The van der Waals surface area contributed by atoms with Crippen LogP contribution in [0, 0.1) is 6.92 Å². The van der Waals surface area contributed by atoms with Gasteiger partial charge in [0.15, 0.2) is 0 Å². The molecule has 1 heterocycles. The summed E-state index contributed by atoms with van der Waals surface area (Å²) in [5.74, 6) is 1.18. The van der Waals surface area contributed by atoms with E-state index in [9.17, 15) is 4.79 Å². The topological polar surface area (TPSA) is 45.5 Å². The molecule has 0 saturated carbocycles. The molecular formula is C24H28N2O2. The molecule has 1 N–H and O–H groups in total. The lowest BCUT2D eigenvalue weighted by atomic mass is 9.98. The van der Waals surface area contributed by atoms with Gasteiger partial charge in [0, 0.05) is 12.2 Å². The molecule has 4 heteroatoms. The summed E-state index contributed by atoms with van der Waals surface area (Å²) < 4.78 is 5.50. The standard InChI is InChI=1S/C24H28N2O2/c1-18(2)22-13-7-9-19(3)24(22)25-23(27)17-26(16-21-12-8-14-28-21)15-20-10-5-4-6-11-20/h4-14,18H,15-17H2,1-3H3,(H,25,27). The summed E-state index contributed by atoms with van der Waals surface area (Å²) in [6.07, 6.45) is 1.67. The van der Waals surface area contributed by atoms with Crippen LogP contribution in [0.15, 0.2) is 71.3 Å². The molecule has 0 spiro atoms. The molecule has 3 aromatic rings. The van der Waals surface area contributed by atoms with Gasteiger partial charge in [-0.05, 0) is 41.7 Å². The molecule has 0 aliphatic heterocycles. The van der Waals surface area contributed by atoms with Crippen LogP contribution in [0.25, 0.3) is 0 Å². The molecule has 0 saturated heterocycles. The van der Waals surface area contributed by atoms with Crippen molar-refractivity contribution in [1.29, 1.82) is 0 Å². The Balaban J connectivity index is 1.74. The number of aryl methyl sites for hydroxylation is 1. The number of nitrogens with zero attached hydrogens (tertiary/aromatic N) is 1. The zero-order valence-electron chi connectivity index (χ0n) is 16.8. The fraction of sp³-hybridized carbons (Fsp3) is 0.292. The van der Waals surface area contributed by atoms with Crippen LogP contribution in [0.4, 0.5) is 5.69 Å². The minimum atomic E-state index is -0.0151. The Hall–Kier alpha value is -2.85. The van der Waals surface area contributed by atoms with Gasteiger partial charge in [-0.1, -0.05) is 62.4 Å². The first-order chi connectivity index (χ1) is 13.5. The summed E-state index contributed by atoms with van der Waals surface area (Å²) in [6, 6.07) is 20.1. The fourth-order valence-corrected chi connectivity index (χ4v) is 3.36. The molecule has 2 aromatic carbocycles. The quantitative estimate of drug-likeness (QED) is 0.576. The molecule has 146 valence electrons. The predicted molar refractivity (Wildman–Crippen MR) is 113 cm³/mol. The Labute approximate surface area is 167 Å². The minimum absolute atomic E-state index is 0.0151. The predicted octanol–water partition coefficient (Wildman–Crippen LogP) is 5.35. The van der Waals surface area contributed by atoms with Gasteiger partial charge in [0.1, 0.15) is 5.76 Å². The monoisotopic (exact) mass is 376 g/mol. The minimum Gasteiger partial charge on any atom is -0.468 e. The summed E-state index contributed by atoms with van der Waals surface area (Å²) in [4.78, 5) is 15.0. The van der Waals surface area contributed by atoms with Crippen molar-refractivity contribution in [3.63, 3.8) is 0 Å². The molecule has 0 aliphatic rings. The Kier molecular flexibility index (Phi) is 6.66. The summed E-state index contributed by atoms with van der Waals surface area (Å²) >= 11 is 0. The third-order valence-electron chi connectivity index (χ3n) is 4.77. The highest BCUT2D eigenvalue weighted by atomic mass is 16.3. The molecule has 0 fully saturated rings. The van der Waals surface area contributed by atoms with Gasteiger partial charge in [-0.2, -0.15) is 0 Å². The van der Waals surface area contributed by atoms with Gasteiger partial charge in [0.2, 0.25) is 5.91 Å². The van der Waals surface area contributed by atoms with E-state index in [0.29, 0.717) is 25.6 Å². The van der Waals surface area contributed by atoms with Crippen LogP contribution in [-0.2, 0) is 17.9 Å². The molecular weight excluding hydrogens is 348 g/mol. The van der Waals surface area contributed by atoms with E-state index in [1.54, 1.807) is 6.26 Å². The summed E-state index contributed by atoms with van der Waals surface area (Å²) in [6.45, 7) is 7.87. The number of furan rings is 1. The number of amides is 1. The normalized spacial score (nSPS) is 11.2. The molecule has 0 bridgehead atoms. The van der Waals surface area contributed by atoms with Gasteiger partial charge in [-0.25, -0.2) is 0 Å². The van der Waals surface area contributed by atoms with Crippen LogP contribution in [0.1, 0.15) is 42.2 Å². The van der Waals surface area contributed by atoms with Crippen molar-refractivity contribution in [2.45, 2.75) is 39.8 Å². The van der Waals surface area contributed by atoms with Gasteiger partial charge in [-0.15, -0.1) is 0 Å².